The fraction of sp³-hybridized carbons (Fsp3) is 0.143. The number of methoxy groups -OCH3 is 1. The van der Waals surface area contributed by atoms with E-state index in [0.717, 1.165) is 5.56 Å². The minimum absolute atomic E-state index is 0.0778. The summed E-state index contributed by atoms with van der Waals surface area (Å²) in [6, 6.07) is 11.5. The molecule has 0 aliphatic rings. The van der Waals surface area contributed by atoms with Gasteiger partial charge in [-0.3, -0.25) is 0 Å². The quantitative estimate of drug-likeness (QED) is 0.786. The predicted molar refractivity (Wildman–Crippen MR) is 79.7 cm³/mol. The molecule has 0 N–H and O–H groups in total. The van der Waals surface area contributed by atoms with Crippen molar-refractivity contribution < 1.29 is 17.3 Å². The third-order valence-corrected chi connectivity index (χ3v) is 4.84. The topological polar surface area (TPSA) is 52.6 Å². The van der Waals surface area contributed by atoms with Crippen LogP contribution in [0.25, 0.3) is 0 Å². The van der Waals surface area contributed by atoms with E-state index in [0.29, 0.717) is 10.2 Å². The Morgan fingerprint density at radius 1 is 1.05 bits per heavy atom. The molecule has 0 fully saturated rings. The van der Waals surface area contributed by atoms with Gasteiger partial charge < -0.3 is 8.92 Å². The number of aryl methyl sites for hydroxylation is 1. The average Bonchev–Trinajstić information content (AvgIpc) is 2.38. The van der Waals surface area contributed by atoms with E-state index in [2.05, 4.69) is 15.9 Å². The Morgan fingerprint density at radius 3 is 2.30 bits per heavy atom. The van der Waals surface area contributed by atoms with E-state index in [1.807, 2.05) is 6.92 Å². The molecule has 6 heteroatoms. The zero-order chi connectivity index (χ0) is 14.8. The molecule has 0 unspecified atom stereocenters. The highest BCUT2D eigenvalue weighted by Crippen LogP contribution is 2.31. The van der Waals surface area contributed by atoms with Crippen molar-refractivity contribution in [2.75, 3.05) is 7.11 Å². The van der Waals surface area contributed by atoms with Gasteiger partial charge >= 0.3 is 10.1 Å². The molecule has 0 aliphatic heterocycles. The lowest BCUT2D eigenvalue weighted by Crippen LogP contribution is -2.11. The third-order valence-electron chi connectivity index (χ3n) is 2.63. The van der Waals surface area contributed by atoms with Crippen LogP contribution >= 0.6 is 15.9 Å². The van der Waals surface area contributed by atoms with Crippen molar-refractivity contribution in [2.24, 2.45) is 0 Å². The van der Waals surface area contributed by atoms with E-state index in [9.17, 15) is 8.42 Å². The van der Waals surface area contributed by atoms with E-state index < -0.39 is 10.1 Å². The number of hydrogen-bond donors (Lipinski definition) is 0. The highest BCUT2D eigenvalue weighted by Gasteiger charge is 2.21. The molecule has 2 aromatic rings. The van der Waals surface area contributed by atoms with Crippen molar-refractivity contribution in [2.45, 2.75) is 11.8 Å². The molecule has 0 atom stereocenters. The lowest BCUT2D eigenvalue weighted by Gasteiger charge is -2.11. The van der Waals surface area contributed by atoms with E-state index in [1.54, 1.807) is 36.4 Å². The van der Waals surface area contributed by atoms with Crippen LogP contribution in [-0.2, 0) is 10.1 Å². The van der Waals surface area contributed by atoms with Crippen LogP contribution in [0.2, 0.25) is 0 Å². The number of hydrogen-bond acceptors (Lipinski definition) is 4. The van der Waals surface area contributed by atoms with E-state index in [-0.39, 0.29) is 10.6 Å². The largest absolute Gasteiger partial charge is 0.493 e. The van der Waals surface area contributed by atoms with Crippen LogP contribution < -0.4 is 8.92 Å². The molecule has 2 rings (SSSR count). The van der Waals surface area contributed by atoms with E-state index in [4.69, 9.17) is 8.92 Å². The summed E-state index contributed by atoms with van der Waals surface area (Å²) in [6.45, 7) is 1.88. The SMILES string of the molecule is COc1ccccc1OS(=O)(=O)c1ccc(C)cc1Br. The molecule has 106 valence electrons. The summed E-state index contributed by atoms with van der Waals surface area (Å²) in [5, 5.41) is 0. The Bertz CT molecular complexity index is 726. The first kappa shape index (κ1) is 14.9. The predicted octanol–water partition coefficient (Wildman–Crippen LogP) is 3.53. The van der Waals surface area contributed by atoms with Crippen LogP contribution in [0.4, 0.5) is 0 Å². The fourth-order valence-electron chi connectivity index (χ4n) is 1.66. The number of halogens is 1. The number of para-hydroxylation sites is 2. The first-order valence-corrected chi connectivity index (χ1v) is 7.98. The van der Waals surface area contributed by atoms with Gasteiger partial charge in [-0.15, -0.1) is 0 Å². The van der Waals surface area contributed by atoms with Crippen molar-refractivity contribution in [1.29, 1.82) is 0 Å². The highest BCUT2D eigenvalue weighted by molar-refractivity contribution is 9.10. The van der Waals surface area contributed by atoms with Crippen molar-refractivity contribution in [3.63, 3.8) is 0 Å². The maximum absolute atomic E-state index is 12.3. The molecule has 0 saturated carbocycles. The first-order valence-electron chi connectivity index (χ1n) is 5.77. The van der Waals surface area contributed by atoms with Crippen LogP contribution in [0, 0.1) is 6.92 Å². The minimum Gasteiger partial charge on any atom is -0.493 e. The van der Waals surface area contributed by atoms with Crippen LogP contribution in [0.15, 0.2) is 51.8 Å². The van der Waals surface area contributed by atoms with Gasteiger partial charge in [-0.1, -0.05) is 18.2 Å². The monoisotopic (exact) mass is 356 g/mol. The van der Waals surface area contributed by atoms with Crippen LogP contribution in [0.3, 0.4) is 0 Å². The lowest BCUT2D eigenvalue weighted by molar-refractivity contribution is 0.390. The van der Waals surface area contributed by atoms with Gasteiger partial charge in [0.05, 0.1) is 7.11 Å². The maximum atomic E-state index is 12.3. The third kappa shape index (κ3) is 3.13. The van der Waals surface area contributed by atoms with Gasteiger partial charge in [0.15, 0.2) is 11.5 Å². The molecule has 0 radical (unpaired) electrons. The van der Waals surface area contributed by atoms with Gasteiger partial charge in [0.25, 0.3) is 0 Å². The summed E-state index contributed by atoms with van der Waals surface area (Å²) in [7, 11) is -2.47. The van der Waals surface area contributed by atoms with Crippen molar-refractivity contribution >= 4 is 26.0 Å². The molecule has 0 aromatic heterocycles. The van der Waals surface area contributed by atoms with Crippen molar-refractivity contribution in [3.8, 4) is 11.5 Å². The molecule has 2 aromatic carbocycles. The van der Waals surface area contributed by atoms with Crippen molar-refractivity contribution in [3.05, 3.63) is 52.5 Å². The zero-order valence-corrected chi connectivity index (χ0v) is 13.4. The maximum Gasteiger partial charge on any atom is 0.340 e. The minimum atomic E-state index is -3.92. The zero-order valence-electron chi connectivity index (χ0n) is 11.0. The molecular formula is C14H13BrO4S. The average molecular weight is 357 g/mol. The number of ether oxygens (including phenoxy) is 1. The fourth-order valence-corrected chi connectivity index (χ4v) is 3.74. The lowest BCUT2D eigenvalue weighted by atomic mass is 10.2. The second kappa shape index (κ2) is 5.85. The number of benzene rings is 2. The van der Waals surface area contributed by atoms with Gasteiger partial charge in [0.1, 0.15) is 4.90 Å². The number of rotatable bonds is 4. The van der Waals surface area contributed by atoms with Gasteiger partial charge in [0, 0.05) is 4.47 Å². The standard InChI is InChI=1S/C14H13BrO4S/c1-10-7-8-14(11(15)9-10)20(16,17)19-13-6-4-3-5-12(13)18-2/h3-9H,1-2H3. The van der Waals surface area contributed by atoms with E-state index in [1.165, 1.54) is 13.2 Å². The summed E-state index contributed by atoms with van der Waals surface area (Å²) in [4.78, 5) is 0.0778. The van der Waals surface area contributed by atoms with Gasteiger partial charge in [0.2, 0.25) is 0 Å². The summed E-state index contributed by atoms with van der Waals surface area (Å²) in [5.41, 5.74) is 0.952. The molecule has 4 nitrogen and oxygen atoms in total. The Morgan fingerprint density at radius 2 is 1.70 bits per heavy atom. The molecular weight excluding hydrogens is 344 g/mol. The molecule has 0 amide bonds. The Hall–Kier alpha value is -1.53. The summed E-state index contributed by atoms with van der Waals surface area (Å²) in [5.74, 6) is 0.516. The summed E-state index contributed by atoms with van der Waals surface area (Å²) < 4.78 is 35.3. The Kier molecular flexibility index (Phi) is 4.35. The van der Waals surface area contributed by atoms with Gasteiger partial charge in [-0.05, 0) is 52.7 Å². The van der Waals surface area contributed by atoms with Crippen molar-refractivity contribution in [1.82, 2.24) is 0 Å². The highest BCUT2D eigenvalue weighted by atomic mass is 79.9. The molecule has 0 saturated heterocycles. The Labute approximate surface area is 126 Å². The normalized spacial score (nSPS) is 11.2. The second-order valence-electron chi connectivity index (χ2n) is 4.12. The first-order chi connectivity index (χ1) is 9.44. The Balaban J connectivity index is 2.41. The smallest absolute Gasteiger partial charge is 0.340 e. The van der Waals surface area contributed by atoms with Gasteiger partial charge in [-0.25, -0.2) is 0 Å². The molecule has 0 aliphatic carbocycles. The molecule has 0 heterocycles. The second-order valence-corrected chi connectivity index (χ2v) is 6.49. The van der Waals surface area contributed by atoms with Crippen LogP contribution in [0.5, 0.6) is 11.5 Å². The van der Waals surface area contributed by atoms with Gasteiger partial charge in [-0.2, -0.15) is 8.42 Å². The van der Waals surface area contributed by atoms with Crippen LogP contribution in [0.1, 0.15) is 5.56 Å². The van der Waals surface area contributed by atoms with Crippen LogP contribution in [-0.4, -0.2) is 15.5 Å². The summed E-state index contributed by atoms with van der Waals surface area (Å²) in [6.07, 6.45) is 0. The molecule has 20 heavy (non-hydrogen) atoms. The summed E-state index contributed by atoms with van der Waals surface area (Å²) >= 11 is 3.24. The van der Waals surface area contributed by atoms with E-state index >= 15 is 0 Å². The molecule has 0 spiro atoms. The molecule has 0 bridgehead atoms.